The zero-order valence-electron chi connectivity index (χ0n) is 6.98. The van der Waals surface area contributed by atoms with Gasteiger partial charge in [-0.3, -0.25) is 0 Å². The molecule has 1 unspecified atom stereocenters. The molecule has 0 saturated carbocycles. The zero-order valence-corrected chi connectivity index (χ0v) is 6.98. The van der Waals surface area contributed by atoms with E-state index in [1.54, 1.807) is 6.92 Å². The molecule has 0 aromatic heterocycles. The second kappa shape index (κ2) is 4.00. The predicted molar refractivity (Wildman–Crippen MR) is 39.3 cm³/mol. The number of hydrogen-bond acceptors (Lipinski definition) is 1. The molecule has 5 heteroatoms. The maximum atomic E-state index is 11.6. The molecule has 0 amide bonds. The van der Waals surface area contributed by atoms with Gasteiger partial charge in [0.25, 0.3) is 0 Å². The van der Waals surface area contributed by atoms with E-state index in [2.05, 4.69) is 4.74 Å². The maximum Gasteiger partial charge on any atom is 0.503 e. The Morgan fingerprint density at radius 1 is 1.18 bits per heavy atom. The molecule has 11 heavy (non-hydrogen) atoms. The molecule has 0 bridgehead atoms. The Hall–Kier alpha value is -0.185. The van der Waals surface area contributed by atoms with Crippen molar-refractivity contribution in [3.05, 3.63) is 0 Å². The van der Waals surface area contributed by atoms with Crippen LogP contribution in [0, 0.1) is 5.92 Å². The summed E-state index contributed by atoms with van der Waals surface area (Å²) in [5.41, 5.74) is 0. The van der Waals surface area contributed by atoms with Gasteiger partial charge in [0.05, 0.1) is 6.10 Å². The lowest BCUT2D eigenvalue weighted by Gasteiger charge is -2.21. The highest BCUT2D eigenvalue weighted by Gasteiger charge is 2.24. The first-order valence-corrected chi connectivity index (χ1v) is 3.65. The first kappa shape index (κ1) is 10.8. The summed E-state index contributed by atoms with van der Waals surface area (Å²) in [6.07, 6.45) is -0.321. The molecule has 68 valence electrons. The Morgan fingerprint density at radius 2 is 1.64 bits per heavy atom. The molecule has 0 saturated heterocycles. The minimum Gasteiger partial charge on any atom is -0.447 e. The fourth-order valence-electron chi connectivity index (χ4n) is 0.453. The summed E-state index contributed by atoms with van der Waals surface area (Å²) >= 11 is 0. The molecule has 0 N–H and O–H groups in total. The van der Waals surface area contributed by atoms with Gasteiger partial charge in [0.2, 0.25) is 0 Å². The first-order valence-electron chi connectivity index (χ1n) is 3.65. The minimum absolute atomic E-state index is 0.133. The zero-order chi connectivity index (χ0) is 9.07. The Kier molecular flexibility index (Phi) is 3.93. The third-order valence-electron chi connectivity index (χ3n) is 1.49. The lowest BCUT2D eigenvalue weighted by atomic mass is 9.94. The molecule has 0 radical (unpaired) electrons. The van der Waals surface area contributed by atoms with Gasteiger partial charge in [-0.2, -0.15) is 0 Å². The van der Waals surface area contributed by atoms with Gasteiger partial charge in [-0.15, -0.1) is 0 Å². The van der Waals surface area contributed by atoms with Crippen LogP contribution < -0.4 is 0 Å². The van der Waals surface area contributed by atoms with Gasteiger partial charge in [0.15, 0.2) is 0 Å². The van der Waals surface area contributed by atoms with Gasteiger partial charge in [0, 0.05) is 6.51 Å². The first-order chi connectivity index (χ1) is 4.83. The number of ether oxygens (including phenoxy) is 1. The van der Waals surface area contributed by atoms with E-state index in [4.69, 9.17) is 0 Å². The van der Waals surface area contributed by atoms with Crippen molar-refractivity contribution in [2.75, 3.05) is 6.51 Å². The predicted octanol–water partition coefficient (Wildman–Crippen LogP) is 2.43. The van der Waals surface area contributed by atoms with Crippen molar-refractivity contribution in [2.24, 2.45) is 5.92 Å². The topological polar surface area (TPSA) is 9.23 Å². The average Bonchev–Trinajstić information content (AvgIpc) is 1.80. The summed E-state index contributed by atoms with van der Waals surface area (Å²) < 4.78 is 39.4. The van der Waals surface area contributed by atoms with Crippen molar-refractivity contribution < 1.29 is 17.7 Å². The molecule has 1 nitrogen and oxygen atoms in total. The highest BCUT2D eigenvalue weighted by atomic mass is 19.4. The summed E-state index contributed by atoms with van der Waals surface area (Å²) in [5, 5.41) is 0. The van der Waals surface area contributed by atoms with Gasteiger partial charge >= 0.3 is 6.98 Å². The smallest absolute Gasteiger partial charge is 0.447 e. The van der Waals surface area contributed by atoms with E-state index in [9.17, 15) is 12.9 Å². The largest absolute Gasteiger partial charge is 0.503 e. The molecule has 0 rings (SSSR count). The second-order valence-corrected chi connectivity index (χ2v) is 2.99. The standard InChI is InChI=1S/C6H13BF3O/c1-5(2)6(3)11-4-7(8,9)10/h5-6H,4H2,1-3H3/q-1. The molecular formula is C6H13BF3O-. The van der Waals surface area contributed by atoms with E-state index in [1.807, 2.05) is 13.8 Å². The van der Waals surface area contributed by atoms with Crippen molar-refractivity contribution in [1.29, 1.82) is 0 Å². The Morgan fingerprint density at radius 3 is 1.91 bits per heavy atom. The fourth-order valence-corrected chi connectivity index (χ4v) is 0.453. The molecule has 0 aliphatic rings. The van der Waals surface area contributed by atoms with Crippen LogP contribution in [-0.2, 0) is 4.74 Å². The van der Waals surface area contributed by atoms with Crippen molar-refractivity contribution in [2.45, 2.75) is 26.9 Å². The monoisotopic (exact) mass is 169 g/mol. The summed E-state index contributed by atoms with van der Waals surface area (Å²) in [6.45, 7) is -0.566. The molecule has 0 heterocycles. The van der Waals surface area contributed by atoms with Crippen LogP contribution in [0.1, 0.15) is 20.8 Å². The van der Waals surface area contributed by atoms with Crippen LogP contribution in [0.5, 0.6) is 0 Å². The molecule has 0 aliphatic carbocycles. The molecule has 0 fully saturated rings. The van der Waals surface area contributed by atoms with E-state index < -0.39 is 13.5 Å². The molecule has 0 spiro atoms. The van der Waals surface area contributed by atoms with Gasteiger partial charge in [0.1, 0.15) is 0 Å². The van der Waals surface area contributed by atoms with Crippen molar-refractivity contribution >= 4 is 6.98 Å². The van der Waals surface area contributed by atoms with E-state index in [0.717, 1.165) is 0 Å². The van der Waals surface area contributed by atoms with E-state index in [-0.39, 0.29) is 12.0 Å². The lowest BCUT2D eigenvalue weighted by molar-refractivity contribution is 0.0501. The molecular weight excluding hydrogens is 156 g/mol. The average molecular weight is 169 g/mol. The number of hydrogen-bond donors (Lipinski definition) is 0. The highest BCUT2D eigenvalue weighted by Crippen LogP contribution is 2.12. The molecule has 0 aromatic carbocycles. The van der Waals surface area contributed by atoms with E-state index >= 15 is 0 Å². The van der Waals surface area contributed by atoms with Gasteiger partial charge < -0.3 is 17.7 Å². The summed E-state index contributed by atoms with van der Waals surface area (Å²) in [5.74, 6) is 0.133. The second-order valence-electron chi connectivity index (χ2n) is 2.99. The Bertz CT molecular complexity index is 113. The van der Waals surface area contributed by atoms with Crippen molar-refractivity contribution in [3.8, 4) is 0 Å². The molecule has 1 atom stereocenters. The maximum absolute atomic E-state index is 11.6. The molecule has 0 aliphatic heterocycles. The summed E-state index contributed by atoms with van der Waals surface area (Å²) in [6, 6.07) is 0. The van der Waals surface area contributed by atoms with Gasteiger partial charge in [-0.1, -0.05) is 13.8 Å². The van der Waals surface area contributed by atoms with E-state index in [0.29, 0.717) is 0 Å². The van der Waals surface area contributed by atoms with Crippen LogP contribution >= 0.6 is 0 Å². The lowest BCUT2D eigenvalue weighted by Crippen LogP contribution is -2.29. The van der Waals surface area contributed by atoms with Crippen LogP contribution in [0.4, 0.5) is 12.9 Å². The van der Waals surface area contributed by atoms with Crippen LogP contribution in [0.25, 0.3) is 0 Å². The highest BCUT2D eigenvalue weighted by molar-refractivity contribution is 6.58. The van der Waals surface area contributed by atoms with Crippen LogP contribution in [0.15, 0.2) is 0 Å². The quantitative estimate of drug-likeness (QED) is 0.587. The van der Waals surface area contributed by atoms with Crippen LogP contribution in [-0.4, -0.2) is 19.6 Å². The van der Waals surface area contributed by atoms with Gasteiger partial charge in [-0.25, -0.2) is 0 Å². The molecule has 0 aromatic rings. The van der Waals surface area contributed by atoms with Crippen molar-refractivity contribution in [1.82, 2.24) is 0 Å². The minimum atomic E-state index is -4.78. The third kappa shape index (κ3) is 6.22. The van der Waals surface area contributed by atoms with Crippen molar-refractivity contribution in [3.63, 3.8) is 0 Å². The number of rotatable bonds is 4. The fraction of sp³-hybridized carbons (Fsp3) is 1.00. The SMILES string of the molecule is CC(C)C(C)OC[B-](F)(F)F. The third-order valence-corrected chi connectivity index (χ3v) is 1.49. The summed E-state index contributed by atoms with van der Waals surface area (Å²) in [7, 11) is 0. The van der Waals surface area contributed by atoms with Crippen LogP contribution in [0.3, 0.4) is 0 Å². The normalized spacial score (nSPS) is 15.5. The van der Waals surface area contributed by atoms with Crippen LogP contribution in [0.2, 0.25) is 0 Å². The number of halogens is 3. The Balaban J connectivity index is 3.54. The van der Waals surface area contributed by atoms with Gasteiger partial charge in [-0.05, 0) is 12.8 Å². The van der Waals surface area contributed by atoms with E-state index in [1.165, 1.54) is 0 Å². The Labute approximate surface area is 65.0 Å². The summed E-state index contributed by atoms with van der Waals surface area (Å²) in [4.78, 5) is 0.